The summed E-state index contributed by atoms with van der Waals surface area (Å²) in [7, 11) is -3.57. The molecule has 144 valence electrons. The number of rotatable bonds is 7. The maximum Gasteiger partial charge on any atom is 0.253 e. The van der Waals surface area contributed by atoms with Crippen LogP contribution in [0.1, 0.15) is 22.8 Å². The van der Waals surface area contributed by atoms with E-state index in [0.717, 1.165) is 11.8 Å². The van der Waals surface area contributed by atoms with Gasteiger partial charge in [0.15, 0.2) is 0 Å². The van der Waals surface area contributed by atoms with E-state index in [1.165, 1.54) is 25.1 Å². The Hall–Kier alpha value is -2.58. The van der Waals surface area contributed by atoms with E-state index in [2.05, 4.69) is 15.4 Å². The van der Waals surface area contributed by atoms with Crippen molar-refractivity contribution in [3.05, 3.63) is 58.6 Å². The first-order chi connectivity index (χ1) is 12.6. The normalized spacial score (nSPS) is 10.9. The fraction of sp³-hybridized carbons (Fsp3) is 0.222. The highest BCUT2D eigenvalue weighted by atomic mass is 35.5. The van der Waals surface area contributed by atoms with Crippen LogP contribution < -0.4 is 15.4 Å². The number of sulfonamides is 1. The third-order valence-electron chi connectivity index (χ3n) is 3.49. The number of halogens is 1. The van der Waals surface area contributed by atoms with Crippen molar-refractivity contribution in [1.82, 2.24) is 5.32 Å². The van der Waals surface area contributed by atoms with Gasteiger partial charge in [0.25, 0.3) is 5.91 Å². The van der Waals surface area contributed by atoms with Crippen molar-refractivity contribution in [2.45, 2.75) is 13.3 Å². The molecule has 0 unspecified atom stereocenters. The summed E-state index contributed by atoms with van der Waals surface area (Å²) in [6, 6.07) is 11.6. The molecule has 0 aliphatic heterocycles. The lowest BCUT2D eigenvalue weighted by atomic mass is 10.1. The summed E-state index contributed by atoms with van der Waals surface area (Å²) in [5.41, 5.74) is 1.64. The van der Waals surface area contributed by atoms with Gasteiger partial charge < -0.3 is 10.6 Å². The van der Waals surface area contributed by atoms with Crippen LogP contribution in [-0.2, 0) is 21.2 Å². The smallest absolute Gasteiger partial charge is 0.253 e. The molecule has 0 saturated heterocycles. The molecule has 0 aliphatic carbocycles. The van der Waals surface area contributed by atoms with Crippen LogP contribution in [0.5, 0.6) is 0 Å². The predicted octanol–water partition coefficient (Wildman–Crippen LogP) is 2.64. The van der Waals surface area contributed by atoms with Crippen LogP contribution in [0.15, 0.2) is 42.5 Å². The van der Waals surface area contributed by atoms with Crippen molar-refractivity contribution < 1.29 is 18.0 Å². The van der Waals surface area contributed by atoms with Gasteiger partial charge in [-0.05, 0) is 42.3 Å². The van der Waals surface area contributed by atoms with Crippen molar-refractivity contribution in [1.29, 1.82) is 0 Å². The Morgan fingerprint density at radius 3 is 2.33 bits per heavy atom. The van der Waals surface area contributed by atoms with Crippen LogP contribution in [-0.4, -0.2) is 33.0 Å². The molecule has 0 bridgehead atoms. The predicted molar refractivity (Wildman–Crippen MR) is 107 cm³/mol. The lowest BCUT2D eigenvalue weighted by molar-refractivity contribution is -0.114. The summed E-state index contributed by atoms with van der Waals surface area (Å²) in [5.74, 6) is -0.754. The fourth-order valence-electron chi connectivity index (χ4n) is 2.37. The van der Waals surface area contributed by atoms with Crippen LogP contribution in [0.4, 0.5) is 11.4 Å². The largest absolute Gasteiger partial charge is 0.352 e. The van der Waals surface area contributed by atoms with Crippen molar-refractivity contribution in [3.8, 4) is 0 Å². The second-order valence-corrected chi connectivity index (χ2v) is 8.13. The number of hydrogen-bond acceptors (Lipinski definition) is 4. The SMILES string of the molecule is CC(=O)Nc1ccc(NS(C)(=O)=O)c(C(=O)NCCc2ccc(Cl)cc2)c1. The number of carbonyl (C=O) groups excluding carboxylic acids is 2. The molecule has 0 atom stereocenters. The minimum atomic E-state index is -3.57. The molecule has 0 aromatic heterocycles. The van der Waals surface area contributed by atoms with Crippen LogP contribution in [0.2, 0.25) is 5.02 Å². The Kier molecular flexibility index (Phi) is 6.81. The molecule has 2 rings (SSSR count). The third kappa shape index (κ3) is 6.92. The Morgan fingerprint density at radius 1 is 1.07 bits per heavy atom. The van der Waals surface area contributed by atoms with Crippen molar-refractivity contribution >= 4 is 44.8 Å². The van der Waals surface area contributed by atoms with Crippen LogP contribution >= 0.6 is 11.6 Å². The highest BCUT2D eigenvalue weighted by Crippen LogP contribution is 2.22. The lowest BCUT2D eigenvalue weighted by Crippen LogP contribution is -2.27. The zero-order valence-corrected chi connectivity index (χ0v) is 16.4. The molecular weight excluding hydrogens is 390 g/mol. The molecule has 27 heavy (non-hydrogen) atoms. The molecule has 0 heterocycles. The number of benzene rings is 2. The lowest BCUT2D eigenvalue weighted by Gasteiger charge is -2.13. The first-order valence-corrected chi connectivity index (χ1v) is 10.3. The van der Waals surface area contributed by atoms with E-state index < -0.39 is 15.9 Å². The molecule has 2 aromatic rings. The maximum atomic E-state index is 12.6. The van der Waals surface area contributed by atoms with E-state index in [0.29, 0.717) is 23.7 Å². The number of anilines is 2. The van der Waals surface area contributed by atoms with Gasteiger partial charge in [-0.15, -0.1) is 0 Å². The van der Waals surface area contributed by atoms with Gasteiger partial charge >= 0.3 is 0 Å². The van der Waals surface area contributed by atoms with Gasteiger partial charge in [0.2, 0.25) is 15.9 Å². The fourth-order valence-corrected chi connectivity index (χ4v) is 3.07. The molecule has 3 N–H and O–H groups in total. The van der Waals surface area contributed by atoms with Gasteiger partial charge in [-0.2, -0.15) is 0 Å². The standard InChI is InChI=1S/C18H20ClN3O4S/c1-12(23)21-15-7-8-17(22-27(2,25)26)16(11-15)18(24)20-10-9-13-3-5-14(19)6-4-13/h3-8,11,22H,9-10H2,1-2H3,(H,20,24)(H,21,23). The van der Waals surface area contributed by atoms with Gasteiger partial charge in [0, 0.05) is 24.2 Å². The van der Waals surface area contributed by atoms with Crippen molar-refractivity contribution in [2.75, 3.05) is 22.8 Å². The van der Waals surface area contributed by atoms with Crippen LogP contribution in [0, 0.1) is 0 Å². The summed E-state index contributed by atoms with van der Waals surface area (Å²) in [6.07, 6.45) is 1.58. The highest BCUT2D eigenvalue weighted by molar-refractivity contribution is 7.92. The average molecular weight is 410 g/mol. The first kappa shape index (κ1) is 20.7. The third-order valence-corrected chi connectivity index (χ3v) is 4.34. The summed E-state index contributed by atoms with van der Waals surface area (Å²) < 4.78 is 25.4. The molecule has 2 amide bonds. The Morgan fingerprint density at radius 2 is 1.74 bits per heavy atom. The summed E-state index contributed by atoms with van der Waals surface area (Å²) >= 11 is 5.84. The highest BCUT2D eigenvalue weighted by Gasteiger charge is 2.15. The van der Waals surface area contributed by atoms with Gasteiger partial charge in [0.1, 0.15) is 0 Å². The topological polar surface area (TPSA) is 104 Å². The van der Waals surface area contributed by atoms with E-state index in [-0.39, 0.29) is 17.2 Å². The monoisotopic (exact) mass is 409 g/mol. The second kappa shape index (κ2) is 8.88. The van der Waals surface area contributed by atoms with Gasteiger partial charge in [-0.1, -0.05) is 23.7 Å². The van der Waals surface area contributed by atoms with Crippen molar-refractivity contribution in [3.63, 3.8) is 0 Å². The number of carbonyl (C=O) groups is 2. The summed E-state index contributed by atoms with van der Waals surface area (Å²) in [5, 5.41) is 5.95. The molecule has 0 spiro atoms. The number of amides is 2. The molecule has 0 saturated carbocycles. The molecule has 0 radical (unpaired) electrons. The Bertz CT molecular complexity index is 944. The Labute approximate surface area is 163 Å². The molecule has 0 aliphatic rings. The molecule has 0 fully saturated rings. The van der Waals surface area contributed by atoms with E-state index in [4.69, 9.17) is 11.6 Å². The minimum absolute atomic E-state index is 0.114. The van der Waals surface area contributed by atoms with Gasteiger partial charge in [-0.25, -0.2) is 8.42 Å². The quantitative estimate of drug-likeness (QED) is 0.653. The summed E-state index contributed by atoms with van der Waals surface area (Å²) in [6.45, 7) is 1.69. The minimum Gasteiger partial charge on any atom is -0.352 e. The van der Waals surface area contributed by atoms with Crippen LogP contribution in [0.3, 0.4) is 0 Å². The van der Waals surface area contributed by atoms with Gasteiger partial charge in [0.05, 0.1) is 17.5 Å². The average Bonchev–Trinajstić information content (AvgIpc) is 2.56. The van der Waals surface area contributed by atoms with Crippen LogP contribution in [0.25, 0.3) is 0 Å². The maximum absolute atomic E-state index is 12.6. The second-order valence-electron chi connectivity index (χ2n) is 5.95. The molecule has 2 aromatic carbocycles. The molecule has 9 heteroatoms. The van der Waals surface area contributed by atoms with E-state index in [1.807, 2.05) is 12.1 Å². The van der Waals surface area contributed by atoms with E-state index >= 15 is 0 Å². The van der Waals surface area contributed by atoms with E-state index in [9.17, 15) is 18.0 Å². The number of hydrogen-bond donors (Lipinski definition) is 3. The first-order valence-electron chi connectivity index (χ1n) is 8.06. The zero-order chi connectivity index (χ0) is 20.0. The Balaban J connectivity index is 2.15. The van der Waals surface area contributed by atoms with Gasteiger partial charge in [-0.3, -0.25) is 14.3 Å². The van der Waals surface area contributed by atoms with Crippen molar-refractivity contribution in [2.24, 2.45) is 0 Å². The summed E-state index contributed by atoms with van der Waals surface area (Å²) in [4.78, 5) is 23.8. The van der Waals surface area contributed by atoms with E-state index in [1.54, 1.807) is 12.1 Å². The molecular formula is C18H20ClN3O4S. The zero-order valence-electron chi connectivity index (χ0n) is 14.9. The number of nitrogens with one attached hydrogen (secondary N) is 3. The molecule has 7 nitrogen and oxygen atoms in total.